The largest absolute Gasteiger partial charge is 1.00 e. The lowest BCUT2D eigenvalue weighted by molar-refractivity contribution is -0.00000512. The number of hydrogen-bond donors (Lipinski definition) is 1. The Labute approximate surface area is 130 Å². The van der Waals surface area contributed by atoms with Crippen LogP contribution in [0.1, 0.15) is 24.0 Å². The molecule has 0 unspecified atom stereocenters. The molecule has 0 bridgehead atoms. The van der Waals surface area contributed by atoms with Crippen LogP contribution in [-0.2, 0) is 13.2 Å². The van der Waals surface area contributed by atoms with Crippen LogP contribution in [0.5, 0.6) is 5.75 Å². The second-order valence-electron chi connectivity index (χ2n) is 5.18. The van der Waals surface area contributed by atoms with Gasteiger partial charge in [-0.1, -0.05) is 30.3 Å². The maximum Gasteiger partial charge on any atom is 0.129 e. The van der Waals surface area contributed by atoms with Crippen LogP contribution in [-0.4, -0.2) is 6.04 Å². The van der Waals surface area contributed by atoms with E-state index in [2.05, 4.69) is 11.4 Å². The van der Waals surface area contributed by atoms with Crippen LogP contribution < -0.4 is 22.5 Å². The van der Waals surface area contributed by atoms with Crippen molar-refractivity contribution in [2.24, 2.45) is 0 Å². The van der Waals surface area contributed by atoms with Gasteiger partial charge in [-0.3, -0.25) is 0 Å². The molecular weight excluding hydrogens is 289 g/mol. The maximum absolute atomic E-state index is 13.5. The molecule has 1 aliphatic rings. The quantitative estimate of drug-likeness (QED) is 0.847. The second-order valence-corrected chi connectivity index (χ2v) is 5.18. The van der Waals surface area contributed by atoms with Crippen molar-refractivity contribution in [3.05, 3.63) is 65.5 Å². The molecule has 2 aromatic rings. The highest BCUT2D eigenvalue weighted by Gasteiger charge is 2.19. The molecule has 0 amide bonds. The van der Waals surface area contributed by atoms with Crippen LogP contribution in [0.15, 0.2) is 48.5 Å². The topological polar surface area (TPSA) is 21.3 Å². The Morgan fingerprint density at radius 1 is 1.10 bits per heavy atom. The Morgan fingerprint density at radius 2 is 1.90 bits per heavy atom. The number of rotatable bonds is 6. The van der Waals surface area contributed by atoms with Crippen LogP contribution in [0.4, 0.5) is 4.39 Å². The summed E-state index contributed by atoms with van der Waals surface area (Å²) in [6.45, 7) is 1.12. The summed E-state index contributed by atoms with van der Waals surface area (Å²) in [6.07, 6.45) is 2.56. The molecule has 3 rings (SSSR count). The Balaban J connectivity index is 0.00000161. The lowest BCUT2D eigenvalue weighted by Gasteiger charge is -2.09. The SMILES string of the molecule is Fc1ccccc1COc1cccc(CNC2CC2)c1.[Cl-]. The van der Waals surface area contributed by atoms with Gasteiger partial charge in [0, 0.05) is 18.2 Å². The van der Waals surface area contributed by atoms with Gasteiger partial charge < -0.3 is 22.5 Å². The van der Waals surface area contributed by atoms with Gasteiger partial charge in [0.25, 0.3) is 0 Å². The van der Waals surface area contributed by atoms with Gasteiger partial charge in [0.1, 0.15) is 18.2 Å². The van der Waals surface area contributed by atoms with Crippen LogP contribution in [0.2, 0.25) is 0 Å². The van der Waals surface area contributed by atoms with Crippen molar-refractivity contribution in [3.8, 4) is 5.75 Å². The Kier molecular flexibility index (Phi) is 5.59. The van der Waals surface area contributed by atoms with E-state index in [9.17, 15) is 4.39 Å². The zero-order chi connectivity index (χ0) is 13.8. The third-order valence-corrected chi connectivity index (χ3v) is 3.42. The molecule has 1 aliphatic carbocycles. The molecule has 2 nitrogen and oxygen atoms in total. The fourth-order valence-electron chi connectivity index (χ4n) is 2.07. The van der Waals surface area contributed by atoms with Gasteiger partial charge in [0.15, 0.2) is 0 Å². The first-order valence-corrected chi connectivity index (χ1v) is 7.00. The third-order valence-electron chi connectivity index (χ3n) is 3.42. The minimum absolute atomic E-state index is 0. The fourth-order valence-corrected chi connectivity index (χ4v) is 2.07. The molecule has 112 valence electrons. The fraction of sp³-hybridized carbons (Fsp3) is 0.294. The standard InChI is InChI=1S/C17H18FNO.ClH/c18-17-7-2-1-5-14(17)12-20-16-6-3-4-13(10-16)11-19-15-8-9-15;/h1-7,10,15,19H,8-9,11-12H2;1H/p-1. The summed E-state index contributed by atoms with van der Waals surface area (Å²) in [4.78, 5) is 0. The maximum atomic E-state index is 13.5. The average Bonchev–Trinajstić information content (AvgIpc) is 3.29. The molecule has 0 heterocycles. The van der Waals surface area contributed by atoms with E-state index in [0.29, 0.717) is 11.6 Å². The number of hydrogen-bond acceptors (Lipinski definition) is 2. The van der Waals surface area contributed by atoms with E-state index in [1.54, 1.807) is 12.1 Å². The van der Waals surface area contributed by atoms with E-state index < -0.39 is 0 Å². The number of benzene rings is 2. The normalized spacial score (nSPS) is 13.6. The average molecular weight is 307 g/mol. The van der Waals surface area contributed by atoms with Gasteiger partial charge in [0.05, 0.1) is 0 Å². The molecule has 4 heteroatoms. The van der Waals surface area contributed by atoms with Crippen LogP contribution in [0, 0.1) is 5.82 Å². The zero-order valence-corrected chi connectivity index (χ0v) is 12.4. The van der Waals surface area contributed by atoms with Crippen LogP contribution >= 0.6 is 0 Å². The van der Waals surface area contributed by atoms with Gasteiger partial charge in [0.2, 0.25) is 0 Å². The molecule has 1 N–H and O–H groups in total. The zero-order valence-electron chi connectivity index (χ0n) is 11.7. The predicted octanol–water partition coefficient (Wildman–Crippen LogP) is 0.661. The molecule has 0 spiro atoms. The summed E-state index contributed by atoms with van der Waals surface area (Å²) in [5.41, 5.74) is 1.77. The molecule has 1 saturated carbocycles. The van der Waals surface area contributed by atoms with E-state index in [4.69, 9.17) is 4.74 Å². The Bertz CT molecular complexity index is 587. The molecule has 0 atom stereocenters. The van der Waals surface area contributed by atoms with Gasteiger partial charge >= 0.3 is 0 Å². The van der Waals surface area contributed by atoms with Crippen molar-refractivity contribution in [1.82, 2.24) is 5.32 Å². The van der Waals surface area contributed by atoms with Crippen molar-refractivity contribution in [3.63, 3.8) is 0 Å². The number of ether oxygens (including phenoxy) is 1. The van der Waals surface area contributed by atoms with E-state index >= 15 is 0 Å². The van der Waals surface area contributed by atoms with Crippen LogP contribution in [0.25, 0.3) is 0 Å². The summed E-state index contributed by atoms with van der Waals surface area (Å²) in [7, 11) is 0. The lowest BCUT2D eigenvalue weighted by Crippen LogP contribution is -3.00. The summed E-state index contributed by atoms with van der Waals surface area (Å²) in [5, 5.41) is 3.47. The van der Waals surface area contributed by atoms with Crippen molar-refractivity contribution in [2.45, 2.75) is 32.0 Å². The van der Waals surface area contributed by atoms with Crippen molar-refractivity contribution >= 4 is 0 Å². The first-order chi connectivity index (χ1) is 9.81. The third kappa shape index (κ3) is 4.73. The second kappa shape index (κ2) is 7.43. The van der Waals surface area contributed by atoms with Gasteiger partial charge in [-0.2, -0.15) is 0 Å². The molecule has 0 saturated heterocycles. The van der Waals surface area contributed by atoms with E-state index in [1.807, 2.05) is 24.3 Å². The molecule has 1 fully saturated rings. The minimum atomic E-state index is -0.223. The van der Waals surface area contributed by atoms with Crippen LogP contribution in [0.3, 0.4) is 0 Å². The molecule has 0 aromatic heterocycles. The molecule has 2 aromatic carbocycles. The Morgan fingerprint density at radius 3 is 2.67 bits per heavy atom. The Hall–Kier alpha value is -1.58. The van der Waals surface area contributed by atoms with E-state index in [1.165, 1.54) is 24.5 Å². The lowest BCUT2D eigenvalue weighted by atomic mass is 10.2. The highest BCUT2D eigenvalue weighted by molar-refractivity contribution is 5.29. The van der Waals surface area contributed by atoms with Gasteiger partial charge in [-0.25, -0.2) is 4.39 Å². The summed E-state index contributed by atoms with van der Waals surface area (Å²) >= 11 is 0. The molecule has 21 heavy (non-hydrogen) atoms. The minimum Gasteiger partial charge on any atom is -1.00 e. The molecular formula is C17H18ClFNO-. The van der Waals surface area contributed by atoms with Crippen molar-refractivity contribution < 1.29 is 21.5 Å². The summed E-state index contributed by atoms with van der Waals surface area (Å²) in [5.74, 6) is 0.558. The molecule has 0 radical (unpaired) electrons. The van der Waals surface area contributed by atoms with Gasteiger partial charge in [-0.15, -0.1) is 0 Å². The number of halogens is 2. The monoisotopic (exact) mass is 306 g/mol. The highest BCUT2D eigenvalue weighted by atomic mass is 35.5. The van der Waals surface area contributed by atoms with Crippen molar-refractivity contribution in [2.75, 3.05) is 0 Å². The predicted molar refractivity (Wildman–Crippen MR) is 77.0 cm³/mol. The smallest absolute Gasteiger partial charge is 0.129 e. The molecule has 0 aliphatic heterocycles. The van der Waals surface area contributed by atoms with E-state index in [-0.39, 0.29) is 24.8 Å². The summed E-state index contributed by atoms with van der Waals surface area (Å²) in [6, 6.07) is 15.4. The first kappa shape index (κ1) is 15.8. The summed E-state index contributed by atoms with van der Waals surface area (Å²) < 4.78 is 19.2. The van der Waals surface area contributed by atoms with Gasteiger partial charge in [-0.05, 0) is 36.6 Å². The number of nitrogens with one attached hydrogen (secondary N) is 1. The first-order valence-electron chi connectivity index (χ1n) is 7.00. The van der Waals surface area contributed by atoms with Crippen molar-refractivity contribution in [1.29, 1.82) is 0 Å². The highest BCUT2D eigenvalue weighted by Crippen LogP contribution is 2.20. The van der Waals surface area contributed by atoms with E-state index in [0.717, 1.165) is 12.3 Å².